The number of thiazole rings is 1. The van der Waals surface area contributed by atoms with Crippen LogP contribution in [0.3, 0.4) is 0 Å². The summed E-state index contributed by atoms with van der Waals surface area (Å²) in [6, 6.07) is 0.497. The lowest BCUT2D eigenvalue weighted by atomic mass is 9.80. The number of hydrogen-bond acceptors (Lipinski definition) is 16. The molecule has 0 aromatic carbocycles. The Bertz CT molecular complexity index is 2020. The van der Waals surface area contributed by atoms with Crippen LogP contribution in [0.2, 0.25) is 0 Å². The van der Waals surface area contributed by atoms with Crippen molar-refractivity contribution in [3.63, 3.8) is 0 Å². The number of hydrogen-bond donors (Lipinski definition) is 7. The standard InChI is InChI=1S/C20H25N3O2S.C15H34N4O2.C9H18N2O.C6H13NO.C4H8O.C4H10.C2H6.C2H2.CH2O/c1-13(2)21-19-23-18(12-26-19)17-8-14(11-25-4)20(3)7-5-6-16(24)9-15(10-20)22-17;1-15(2,3)13(17-14(21)16-8-11-20)12-19(6)10-7-9-18(4)5;1-6-7(2)8(11(4)5)9(12)10-3;1-7-4-2-3-6(7)5-8;1-3-4(2)5;1-4(2)3;3*1-2/h5,7-10,12-13,24H,6,11H2,1-4H3,(H,21,23);13,20H,7-12H2,1-6H3,(H2,16,17,21);6-8H,1H2,2-5H3,(H,10,12);6,8H,2-5H2,1H3;3H2,1-2H3;4H,1-3H3;1-2H3;1-2H;1H2/b7-5-,16-9+;;;;;;;;/t;13-;;6-;;;;;/m.1.0...../s1. The van der Waals surface area contributed by atoms with Gasteiger partial charge in [-0.3, -0.25) is 9.69 Å². The van der Waals surface area contributed by atoms with E-state index in [1.165, 1.54) is 12.8 Å². The number of nitrogens with one attached hydrogen (secondary N) is 4. The van der Waals surface area contributed by atoms with Crippen molar-refractivity contribution in [2.45, 2.75) is 153 Å². The smallest absolute Gasteiger partial charge is 0.315 e. The zero-order valence-electron chi connectivity index (χ0n) is 55.2. The van der Waals surface area contributed by atoms with Crippen LogP contribution in [-0.4, -0.2) is 203 Å². The van der Waals surface area contributed by atoms with Gasteiger partial charge in [-0.05, 0) is 144 Å². The molecular formula is C63H118N10O8S. The first-order valence-electron chi connectivity index (χ1n) is 28.7. The van der Waals surface area contributed by atoms with Crippen LogP contribution in [0.1, 0.15) is 135 Å². The number of methoxy groups -OCH3 is 1. The third-order valence-corrected chi connectivity index (χ3v) is 12.8. The van der Waals surface area contributed by atoms with Gasteiger partial charge in [0.15, 0.2) is 5.13 Å². The van der Waals surface area contributed by atoms with Crippen molar-refractivity contribution in [2.24, 2.45) is 27.7 Å². The van der Waals surface area contributed by atoms with Crippen molar-refractivity contribution >= 4 is 46.7 Å². The Balaban J connectivity index is -0.000000313. The maximum atomic E-state index is 11.8. The van der Waals surface area contributed by atoms with E-state index in [2.05, 4.69) is 169 Å². The summed E-state index contributed by atoms with van der Waals surface area (Å²) in [7, 11) is 15.4. The molecule has 5 atom stereocenters. The lowest BCUT2D eigenvalue weighted by Gasteiger charge is -2.34. The molecule has 7 N–H and O–H groups in total. The van der Waals surface area contributed by atoms with Crippen LogP contribution in [-0.2, 0) is 19.1 Å². The van der Waals surface area contributed by atoms with Crippen molar-refractivity contribution in [2.75, 3.05) is 114 Å². The number of rotatable bonds is 20. The Labute approximate surface area is 503 Å². The molecule has 1 fully saturated rings. The Morgan fingerprint density at radius 2 is 1.60 bits per heavy atom. The monoisotopic (exact) mass is 1170 g/mol. The molecule has 1 aliphatic carbocycles. The summed E-state index contributed by atoms with van der Waals surface area (Å²) in [4.78, 5) is 58.9. The largest absolute Gasteiger partial charge is 0.512 e. The van der Waals surface area contributed by atoms with E-state index in [4.69, 9.17) is 24.7 Å². The molecule has 18 nitrogen and oxygen atoms in total. The number of aliphatic hydroxyl groups is 3. The highest BCUT2D eigenvalue weighted by atomic mass is 32.1. The number of Topliss-reactive ketones (excluding diaryl/α,β-unsaturated/α-hetero) is 1. The van der Waals surface area contributed by atoms with Gasteiger partial charge in [0.05, 0.1) is 43.0 Å². The van der Waals surface area contributed by atoms with Gasteiger partial charge in [0.1, 0.15) is 18.3 Å². The van der Waals surface area contributed by atoms with Crippen LogP contribution in [0.5, 0.6) is 0 Å². The number of anilines is 1. The Morgan fingerprint density at radius 3 is 2.01 bits per heavy atom. The molecule has 1 saturated heterocycles. The molecule has 474 valence electrons. The minimum absolute atomic E-state index is 0.0215. The Kier molecular flexibility index (Phi) is 52.8. The zero-order chi connectivity index (χ0) is 64.8. The quantitative estimate of drug-likeness (QED) is 0.0477. The van der Waals surface area contributed by atoms with E-state index in [-0.39, 0.29) is 59.7 Å². The fourth-order valence-corrected chi connectivity index (χ4v) is 8.25. The van der Waals surface area contributed by atoms with Crippen molar-refractivity contribution < 1.29 is 39.2 Å². The van der Waals surface area contributed by atoms with E-state index in [0.29, 0.717) is 43.9 Å². The SMILES string of the molecule is C#C.C=CC(C)C(C(=O)NC)N(C)C.C=O.CC.CC(C)C.CCC(C)=O.CN(C)CCCN(C)C[C@@H](NC(=O)NCCO)C(C)(C)C.CN1CCC[C@H]1CO.COCC1=CC(c2csc(NC(C)C)n2)=NC2=CC1(C)/C=C\C/C(O)=C\2. The van der Waals surface area contributed by atoms with Crippen molar-refractivity contribution in [3.8, 4) is 12.8 Å². The summed E-state index contributed by atoms with van der Waals surface area (Å²) >= 11 is 1.56. The number of likely N-dealkylation sites (tertiary alicyclic amines) is 1. The maximum Gasteiger partial charge on any atom is 0.315 e. The third-order valence-electron chi connectivity index (χ3n) is 12.0. The summed E-state index contributed by atoms with van der Waals surface area (Å²) in [6.45, 7) is 39.4. The van der Waals surface area contributed by atoms with Crippen molar-refractivity contribution in [1.29, 1.82) is 0 Å². The normalized spacial score (nSPS) is 18.1. The number of aliphatic hydroxyl groups excluding tert-OH is 3. The molecule has 2 aliphatic heterocycles. The number of likely N-dealkylation sites (N-methyl/N-ethyl adjacent to an activating group) is 4. The molecular weight excluding hydrogens is 1060 g/mol. The second kappa shape index (κ2) is 50.5. The molecule has 2 bridgehead atoms. The van der Waals surface area contributed by atoms with Gasteiger partial charge in [0, 0.05) is 75.1 Å². The van der Waals surface area contributed by atoms with E-state index in [0.717, 1.165) is 66.3 Å². The maximum absolute atomic E-state index is 11.8. The highest BCUT2D eigenvalue weighted by molar-refractivity contribution is 7.13. The Morgan fingerprint density at radius 1 is 1.02 bits per heavy atom. The number of urea groups is 1. The summed E-state index contributed by atoms with van der Waals surface area (Å²) in [5.41, 5.74) is 3.09. The number of aliphatic imine (C=N–C) groups is 1. The van der Waals surface area contributed by atoms with Crippen LogP contribution in [0.25, 0.3) is 0 Å². The van der Waals surface area contributed by atoms with E-state index in [1.807, 2.05) is 64.9 Å². The number of terminal acetylenes is 1. The minimum atomic E-state index is -0.317. The molecule has 1 aromatic heterocycles. The fourth-order valence-electron chi connectivity index (χ4n) is 7.40. The first-order valence-corrected chi connectivity index (χ1v) is 29.6. The lowest BCUT2D eigenvalue weighted by Crippen LogP contribution is -2.53. The lowest BCUT2D eigenvalue weighted by molar-refractivity contribution is -0.126. The molecule has 82 heavy (non-hydrogen) atoms. The molecule has 3 unspecified atom stereocenters. The number of carbonyl (C=O) groups excluding carboxylic acids is 4. The summed E-state index contributed by atoms with van der Waals surface area (Å²) in [6.07, 6.45) is 24.4. The average Bonchev–Trinajstić information content (AvgIpc) is 4.03. The number of amides is 3. The topological polar surface area (TPSA) is 225 Å². The molecule has 4 rings (SSSR count). The second-order valence-electron chi connectivity index (χ2n) is 22.4. The average molecular weight is 1180 g/mol. The van der Waals surface area contributed by atoms with E-state index in [9.17, 15) is 19.5 Å². The van der Waals surface area contributed by atoms with Crippen molar-refractivity contribution in [1.82, 2.24) is 40.5 Å². The van der Waals surface area contributed by atoms with Gasteiger partial charge in [-0.2, -0.15) is 0 Å². The van der Waals surface area contributed by atoms with Gasteiger partial charge in [-0.15, -0.1) is 30.8 Å². The van der Waals surface area contributed by atoms with Crippen molar-refractivity contribution in [3.05, 3.63) is 71.1 Å². The number of ketones is 1. The fraction of sp³-hybridized carbons (Fsp3) is 0.683. The number of nitrogens with zero attached hydrogens (tertiary/aromatic N) is 6. The van der Waals surface area contributed by atoms with Gasteiger partial charge in [-0.1, -0.05) is 87.5 Å². The molecule has 0 radical (unpaired) electrons. The first kappa shape index (κ1) is 85.8. The first-order chi connectivity index (χ1) is 38.4. The highest BCUT2D eigenvalue weighted by Gasteiger charge is 2.30. The van der Waals surface area contributed by atoms with Gasteiger partial charge < -0.3 is 65.6 Å². The predicted octanol–water partition coefficient (Wildman–Crippen LogP) is 9.50. The molecule has 3 amide bonds. The molecule has 3 aliphatic rings. The minimum Gasteiger partial charge on any atom is -0.512 e. The highest BCUT2D eigenvalue weighted by Crippen LogP contribution is 2.37. The van der Waals surface area contributed by atoms with E-state index in [1.54, 1.807) is 44.6 Å². The van der Waals surface area contributed by atoms with Crippen LogP contribution >= 0.6 is 11.3 Å². The van der Waals surface area contributed by atoms with E-state index >= 15 is 0 Å². The van der Waals surface area contributed by atoms with Gasteiger partial charge >= 0.3 is 6.03 Å². The summed E-state index contributed by atoms with van der Waals surface area (Å²) in [5, 5.41) is 42.0. The summed E-state index contributed by atoms with van der Waals surface area (Å²) in [5.74, 6) is 1.59. The number of aromatic nitrogens is 1. The van der Waals surface area contributed by atoms with Crippen LogP contribution < -0.4 is 21.3 Å². The molecule has 1 aromatic rings. The zero-order valence-corrected chi connectivity index (χ0v) is 56.1. The predicted molar refractivity (Wildman–Crippen MR) is 349 cm³/mol. The molecule has 19 heteroatoms. The summed E-state index contributed by atoms with van der Waals surface area (Å²) < 4.78 is 5.45. The van der Waals surface area contributed by atoms with Crippen LogP contribution in [0.4, 0.5) is 9.93 Å². The third kappa shape index (κ3) is 41.9. The number of carbonyl (C=O) groups is 4. The second-order valence-corrected chi connectivity index (χ2v) is 23.2. The van der Waals surface area contributed by atoms with Gasteiger partial charge in [0.2, 0.25) is 5.91 Å². The van der Waals surface area contributed by atoms with Gasteiger partial charge in [-0.25, -0.2) is 14.8 Å². The molecule has 0 saturated carbocycles. The number of fused-ring (bicyclic) bond motifs is 1. The van der Waals surface area contributed by atoms with E-state index < -0.39 is 0 Å². The van der Waals surface area contributed by atoms with Crippen LogP contribution in [0, 0.1) is 35.5 Å². The Hall–Kier alpha value is -5.04. The molecule has 3 heterocycles. The molecule has 0 spiro atoms. The van der Waals surface area contributed by atoms with Crippen LogP contribution in [0.15, 0.2) is 70.4 Å². The number of allylic oxidation sites excluding steroid dienone is 5. The van der Waals surface area contributed by atoms with Gasteiger partial charge in [0.25, 0.3) is 0 Å². The number of ether oxygens (including phenoxy) is 1.